The molecular weight excluding hydrogens is 330 g/mol. The molecule has 0 spiro atoms. The van der Waals surface area contributed by atoms with Gasteiger partial charge in [-0.25, -0.2) is 0 Å². The summed E-state index contributed by atoms with van der Waals surface area (Å²) in [6.45, 7) is 3.45. The van der Waals surface area contributed by atoms with Crippen molar-refractivity contribution in [2.24, 2.45) is 0 Å². The van der Waals surface area contributed by atoms with Gasteiger partial charge in [0.05, 0.1) is 6.10 Å². The lowest BCUT2D eigenvalue weighted by Gasteiger charge is -2.12. The van der Waals surface area contributed by atoms with Gasteiger partial charge in [-0.2, -0.15) is 0 Å². The Morgan fingerprint density at radius 1 is 1.15 bits per heavy atom. The highest BCUT2D eigenvalue weighted by Gasteiger charge is 2.15. The van der Waals surface area contributed by atoms with Crippen LogP contribution in [0, 0.1) is 0 Å². The summed E-state index contributed by atoms with van der Waals surface area (Å²) in [5, 5.41) is 2.82. The molecule has 0 saturated carbocycles. The summed E-state index contributed by atoms with van der Waals surface area (Å²) in [4.78, 5) is 12.0. The first kappa shape index (κ1) is 18.3. The van der Waals surface area contributed by atoms with Gasteiger partial charge in [0.15, 0.2) is 6.61 Å². The van der Waals surface area contributed by atoms with Gasteiger partial charge in [-0.1, -0.05) is 19.1 Å². The van der Waals surface area contributed by atoms with Crippen LogP contribution in [-0.4, -0.2) is 31.8 Å². The highest BCUT2D eigenvalue weighted by Crippen LogP contribution is 2.19. The number of ether oxygens (including phenoxy) is 3. The maximum absolute atomic E-state index is 12.0. The second-order valence-electron chi connectivity index (χ2n) is 6.31. The molecule has 5 nitrogen and oxygen atoms in total. The van der Waals surface area contributed by atoms with Crippen molar-refractivity contribution in [1.82, 2.24) is 0 Å². The molecule has 1 atom stereocenters. The lowest BCUT2D eigenvalue weighted by atomic mass is 10.2. The van der Waals surface area contributed by atoms with E-state index in [1.807, 2.05) is 48.5 Å². The molecule has 0 radical (unpaired) electrons. The quantitative estimate of drug-likeness (QED) is 0.782. The summed E-state index contributed by atoms with van der Waals surface area (Å²) in [6, 6.07) is 15.1. The van der Waals surface area contributed by atoms with Crippen LogP contribution < -0.4 is 14.8 Å². The molecule has 1 heterocycles. The highest BCUT2D eigenvalue weighted by atomic mass is 16.5. The molecule has 0 aromatic heterocycles. The van der Waals surface area contributed by atoms with E-state index in [1.165, 1.54) is 5.56 Å². The lowest BCUT2D eigenvalue weighted by molar-refractivity contribution is -0.118. The fraction of sp³-hybridized carbons (Fsp3) is 0.381. The third-order valence-corrected chi connectivity index (χ3v) is 4.27. The van der Waals surface area contributed by atoms with Crippen molar-refractivity contribution in [3.63, 3.8) is 0 Å². The number of anilines is 1. The molecule has 1 N–H and O–H groups in total. The Labute approximate surface area is 154 Å². The second kappa shape index (κ2) is 9.25. The largest absolute Gasteiger partial charge is 0.491 e. The summed E-state index contributed by atoms with van der Waals surface area (Å²) in [5.74, 6) is 1.28. The highest BCUT2D eigenvalue weighted by molar-refractivity contribution is 5.91. The minimum absolute atomic E-state index is 0.0234. The van der Waals surface area contributed by atoms with Crippen LogP contribution in [0.25, 0.3) is 0 Å². The van der Waals surface area contributed by atoms with Crippen LogP contribution in [0.15, 0.2) is 48.5 Å². The van der Waals surface area contributed by atoms with Gasteiger partial charge in [-0.15, -0.1) is 0 Å². The predicted molar refractivity (Wildman–Crippen MR) is 101 cm³/mol. The van der Waals surface area contributed by atoms with E-state index in [2.05, 4.69) is 12.2 Å². The normalized spacial score (nSPS) is 16.3. The molecule has 3 rings (SSSR count). The van der Waals surface area contributed by atoms with Crippen LogP contribution in [0.5, 0.6) is 11.5 Å². The first-order valence-electron chi connectivity index (χ1n) is 9.09. The predicted octanol–water partition coefficient (Wildman–Crippen LogP) is 3.82. The SMILES string of the molecule is CCc1cccc(OCC(=O)Nc2ccc(OCC3CCCO3)cc2)c1. The number of carbonyl (C=O) groups is 1. The zero-order chi connectivity index (χ0) is 18.2. The molecule has 0 bridgehead atoms. The monoisotopic (exact) mass is 355 g/mol. The van der Waals surface area contributed by atoms with Crippen LogP contribution in [0.1, 0.15) is 25.3 Å². The maximum Gasteiger partial charge on any atom is 0.262 e. The fourth-order valence-electron chi connectivity index (χ4n) is 2.80. The van der Waals surface area contributed by atoms with Gasteiger partial charge in [-0.3, -0.25) is 4.79 Å². The minimum Gasteiger partial charge on any atom is -0.491 e. The average Bonchev–Trinajstić information content (AvgIpc) is 3.20. The molecule has 1 unspecified atom stereocenters. The van der Waals surface area contributed by atoms with Gasteiger partial charge in [0.2, 0.25) is 0 Å². The maximum atomic E-state index is 12.0. The minimum atomic E-state index is -0.195. The zero-order valence-electron chi connectivity index (χ0n) is 15.1. The van der Waals surface area contributed by atoms with E-state index in [4.69, 9.17) is 14.2 Å². The van der Waals surface area contributed by atoms with E-state index in [1.54, 1.807) is 0 Å². The molecule has 1 aliphatic heterocycles. The Morgan fingerprint density at radius 2 is 2.00 bits per heavy atom. The number of amides is 1. The van der Waals surface area contributed by atoms with E-state index in [0.29, 0.717) is 18.0 Å². The lowest BCUT2D eigenvalue weighted by Crippen LogP contribution is -2.20. The van der Waals surface area contributed by atoms with Gasteiger partial charge in [0, 0.05) is 12.3 Å². The number of rotatable bonds is 8. The first-order chi connectivity index (χ1) is 12.7. The second-order valence-corrected chi connectivity index (χ2v) is 6.31. The van der Waals surface area contributed by atoms with Crippen LogP contribution >= 0.6 is 0 Å². The summed E-state index contributed by atoms with van der Waals surface area (Å²) in [6.07, 6.45) is 3.28. The van der Waals surface area contributed by atoms with Crippen molar-refractivity contribution in [3.05, 3.63) is 54.1 Å². The molecule has 138 valence electrons. The van der Waals surface area contributed by atoms with Gasteiger partial charge in [0.1, 0.15) is 18.1 Å². The van der Waals surface area contributed by atoms with Crippen molar-refractivity contribution < 1.29 is 19.0 Å². The average molecular weight is 355 g/mol. The Balaban J connectivity index is 1.43. The molecule has 5 heteroatoms. The Kier molecular flexibility index (Phi) is 6.50. The number of hydrogen-bond donors (Lipinski definition) is 1. The van der Waals surface area contributed by atoms with Crippen LogP contribution in [-0.2, 0) is 16.0 Å². The molecule has 2 aromatic carbocycles. The van der Waals surface area contributed by atoms with Crippen LogP contribution in [0.2, 0.25) is 0 Å². The molecule has 26 heavy (non-hydrogen) atoms. The van der Waals surface area contributed by atoms with Gasteiger partial charge < -0.3 is 19.5 Å². The molecule has 1 amide bonds. The van der Waals surface area contributed by atoms with Crippen molar-refractivity contribution in [1.29, 1.82) is 0 Å². The number of nitrogens with one attached hydrogen (secondary N) is 1. The van der Waals surface area contributed by atoms with Crippen molar-refractivity contribution in [2.45, 2.75) is 32.3 Å². The van der Waals surface area contributed by atoms with Gasteiger partial charge in [-0.05, 0) is 61.2 Å². The zero-order valence-corrected chi connectivity index (χ0v) is 15.1. The van der Waals surface area contributed by atoms with Gasteiger partial charge >= 0.3 is 0 Å². The molecule has 0 aliphatic carbocycles. The van der Waals surface area contributed by atoms with Crippen molar-refractivity contribution in [3.8, 4) is 11.5 Å². The number of hydrogen-bond acceptors (Lipinski definition) is 4. The van der Waals surface area contributed by atoms with E-state index < -0.39 is 0 Å². The standard InChI is InChI=1S/C21H25NO4/c1-2-16-5-3-6-19(13-16)26-15-21(23)22-17-8-10-18(11-9-17)25-14-20-7-4-12-24-20/h3,5-6,8-11,13,20H,2,4,7,12,14-15H2,1H3,(H,22,23). The first-order valence-corrected chi connectivity index (χ1v) is 9.09. The number of benzene rings is 2. The van der Waals surface area contributed by atoms with E-state index in [9.17, 15) is 4.79 Å². The summed E-state index contributed by atoms with van der Waals surface area (Å²) in [5.41, 5.74) is 1.90. The molecule has 1 saturated heterocycles. The molecule has 1 aliphatic rings. The number of aryl methyl sites for hydroxylation is 1. The van der Waals surface area contributed by atoms with Crippen LogP contribution in [0.3, 0.4) is 0 Å². The summed E-state index contributed by atoms with van der Waals surface area (Å²) < 4.78 is 16.8. The Hall–Kier alpha value is -2.53. The third kappa shape index (κ3) is 5.49. The van der Waals surface area contributed by atoms with Crippen molar-refractivity contribution >= 4 is 11.6 Å². The Morgan fingerprint density at radius 3 is 2.73 bits per heavy atom. The van der Waals surface area contributed by atoms with E-state index in [0.717, 1.165) is 31.6 Å². The fourth-order valence-corrected chi connectivity index (χ4v) is 2.80. The van der Waals surface area contributed by atoms with Gasteiger partial charge in [0.25, 0.3) is 5.91 Å². The van der Waals surface area contributed by atoms with Crippen molar-refractivity contribution in [2.75, 3.05) is 25.1 Å². The molecule has 1 fully saturated rings. The Bertz CT molecular complexity index is 708. The molecular formula is C21H25NO4. The molecule has 2 aromatic rings. The summed E-state index contributed by atoms with van der Waals surface area (Å²) >= 11 is 0. The van der Waals surface area contributed by atoms with E-state index >= 15 is 0 Å². The topological polar surface area (TPSA) is 56.8 Å². The summed E-state index contributed by atoms with van der Waals surface area (Å²) in [7, 11) is 0. The van der Waals surface area contributed by atoms with E-state index in [-0.39, 0.29) is 18.6 Å². The number of carbonyl (C=O) groups excluding carboxylic acids is 1. The smallest absolute Gasteiger partial charge is 0.262 e. The van der Waals surface area contributed by atoms with Crippen LogP contribution in [0.4, 0.5) is 5.69 Å². The third-order valence-electron chi connectivity index (χ3n) is 4.27.